The summed E-state index contributed by atoms with van der Waals surface area (Å²) in [6, 6.07) is 8.73. The van der Waals surface area contributed by atoms with Crippen LogP contribution in [0.15, 0.2) is 35.1 Å². The fourth-order valence-corrected chi connectivity index (χ4v) is 3.58. The summed E-state index contributed by atoms with van der Waals surface area (Å²) >= 11 is 0. The minimum atomic E-state index is -0.520. The fraction of sp³-hybridized carbons (Fsp3) is 0.545. The minimum absolute atomic E-state index is 0.0100. The average molecular weight is 386 g/mol. The lowest BCUT2D eigenvalue weighted by molar-refractivity contribution is -0.140. The zero-order valence-corrected chi connectivity index (χ0v) is 16.8. The number of benzene rings is 1. The number of aromatic amines is 1. The van der Waals surface area contributed by atoms with Gasteiger partial charge >= 0.3 is 0 Å². The molecule has 0 radical (unpaired) electrons. The zero-order valence-electron chi connectivity index (χ0n) is 16.8. The van der Waals surface area contributed by atoms with Crippen molar-refractivity contribution in [2.24, 2.45) is 0 Å². The first kappa shape index (κ1) is 20.4. The van der Waals surface area contributed by atoms with Gasteiger partial charge in [0.05, 0.1) is 6.10 Å². The van der Waals surface area contributed by atoms with E-state index in [1.165, 1.54) is 6.07 Å². The van der Waals surface area contributed by atoms with Crippen LogP contribution in [0, 0.1) is 0 Å². The van der Waals surface area contributed by atoms with Crippen molar-refractivity contribution in [3.05, 3.63) is 40.7 Å². The van der Waals surface area contributed by atoms with Gasteiger partial charge in [0.1, 0.15) is 5.75 Å². The molecule has 6 nitrogen and oxygen atoms in total. The molecule has 1 saturated heterocycles. The van der Waals surface area contributed by atoms with Crippen LogP contribution in [0.5, 0.6) is 5.75 Å². The van der Waals surface area contributed by atoms with E-state index in [4.69, 9.17) is 9.47 Å². The third-order valence-corrected chi connectivity index (χ3v) is 5.20. The number of fused-ring (bicyclic) bond motifs is 1. The first-order chi connectivity index (χ1) is 13.6. The number of nitrogens with one attached hydrogen (secondary N) is 1. The van der Waals surface area contributed by atoms with Crippen LogP contribution in [0.1, 0.15) is 45.4 Å². The molecule has 2 aromatic rings. The second-order valence-electron chi connectivity index (χ2n) is 7.53. The molecule has 2 unspecified atom stereocenters. The van der Waals surface area contributed by atoms with E-state index in [9.17, 15) is 9.59 Å². The van der Waals surface area contributed by atoms with Gasteiger partial charge in [-0.25, -0.2) is 0 Å². The predicted octanol–water partition coefficient (Wildman–Crippen LogP) is 3.49. The largest absolute Gasteiger partial charge is 0.481 e. The van der Waals surface area contributed by atoms with E-state index in [1.807, 2.05) is 19.2 Å². The average Bonchev–Trinajstić information content (AvgIpc) is 2.71. The van der Waals surface area contributed by atoms with Gasteiger partial charge in [0.15, 0.2) is 6.10 Å². The number of aromatic nitrogens is 1. The Morgan fingerprint density at radius 3 is 2.93 bits per heavy atom. The van der Waals surface area contributed by atoms with Crippen molar-refractivity contribution in [1.29, 1.82) is 0 Å². The van der Waals surface area contributed by atoms with Crippen molar-refractivity contribution in [3.63, 3.8) is 0 Å². The molecule has 1 aromatic carbocycles. The van der Waals surface area contributed by atoms with Gasteiger partial charge in [0, 0.05) is 37.2 Å². The van der Waals surface area contributed by atoms with Crippen molar-refractivity contribution in [2.45, 2.75) is 57.7 Å². The second kappa shape index (κ2) is 9.73. The van der Waals surface area contributed by atoms with E-state index in [2.05, 4.69) is 11.9 Å². The summed E-state index contributed by atoms with van der Waals surface area (Å²) in [5.74, 6) is 0.625. The molecular weight excluding hydrogens is 356 g/mol. The summed E-state index contributed by atoms with van der Waals surface area (Å²) < 4.78 is 11.9. The lowest BCUT2D eigenvalue weighted by Crippen LogP contribution is -2.44. The van der Waals surface area contributed by atoms with Crippen molar-refractivity contribution >= 4 is 16.8 Å². The van der Waals surface area contributed by atoms with Gasteiger partial charge < -0.3 is 19.4 Å². The van der Waals surface area contributed by atoms with E-state index in [-0.39, 0.29) is 17.6 Å². The Kier molecular flexibility index (Phi) is 7.09. The molecule has 0 saturated carbocycles. The lowest BCUT2D eigenvalue weighted by atomic mass is 10.1. The standard InChI is InChI=1S/C22H30N2O4/c1-3-4-8-20(22(26)24(2)15-18-7-5-6-13-27-18)28-17-10-11-19-16(14-17)9-12-21(25)23-19/h9-12,14,18,20H,3-8,13,15H2,1-2H3,(H,23,25). The molecule has 0 aliphatic carbocycles. The summed E-state index contributed by atoms with van der Waals surface area (Å²) in [4.78, 5) is 29.0. The number of ether oxygens (including phenoxy) is 2. The first-order valence-electron chi connectivity index (χ1n) is 10.2. The van der Waals surface area contributed by atoms with Crippen molar-refractivity contribution < 1.29 is 14.3 Å². The van der Waals surface area contributed by atoms with E-state index in [0.29, 0.717) is 18.7 Å². The number of hydrogen-bond donors (Lipinski definition) is 1. The maximum absolute atomic E-state index is 13.0. The first-order valence-corrected chi connectivity index (χ1v) is 10.2. The van der Waals surface area contributed by atoms with E-state index < -0.39 is 6.10 Å². The molecule has 0 spiro atoms. The van der Waals surface area contributed by atoms with Gasteiger partial charge in [0.25, 0.3) is 5.91 Å². The topological polar surface area (TPSA) is 71.6 Å². The minimum Gasteiger partial charge on any atom is -0.481 e. The number of amides is 1. The predicted molar refractivity (Wildman–Crippen MR) is 110 cm³/mol. The van der Waals surface area contributed by atoms with Crippen LogP contribution in [0.25, 0.3) is 10.9 Å². The van der Waals surface area contributed by atoms with Crippen molar-refractivity contribution in [1.82, 2.24) is 9.88 Å². The maximum Gasteiger partial charge on any atom is 0.263 e. The van der Waals surface area contributed by atoms with E-state index in [1.54, 1.807) is 17.0 Å². The van der Waals surface area contributed by atoms with Crippen LogP contribution in [0.4, 0.5) is 0 Å². The number of rotatable bonds is 8. The number of likely N-dealkylation sites (N-methyl/N-ethyl adjacent to an activating group) is 1. The molecule has 0 bridgehead atoms. The zero-order chi connectivity index (χ0) is 19.9. The highest BCUT2D eigenvalue weighted by Gasteiger charge is 2.26. The molecule has 1 amide bonds. The normalized spacial score (nSPS) is 18.0. The van der Waals surface area contributed by atoms with Gasteiger partial charge in [-0.05, 0) is 56.4 Å². The van der Waals surface area contributed by atoms with E-state index in [0.717, 1.165) is 49.6 Å². The molecule has 1 fully saturated rings. The number of hydrogen-bond acceptors (Lipinski definition) is 4. The fourth-order valence-electron chi connectivity index (χ4n) is 3.58. The summed E-state index contributed by atoms with van der Waals surface area (Å²) in [6.45, 7) is 3.49. The second-order valence-corrected chi connectivity index (χ2v) is 7.53. The molecule has 1 aliphatic heterocycles. The number of nitrogens with zero attached hydrogens (tertiary/aromatic N) is 1. The summed E-state index contributed by atoms with van der Waals surface area (Å²) in [7, 11) is 1.83. The van der Waals surface area contributed by atoms with Crippen LogP contribution in [-0.4, -0.2) is 48.2 Å². The van der Waals surface area contributed by atoms with Gasteiger partial charge in [-0.1, -0.05) is 13.3 Å². The molecule has 28 heavy (non-hydrogen) atoms. The third kappa shape index (κ3) is 5.35. The Bertz CT molecular complexity index is 842. The molecular formula is C22H30N2O4. The molecule has 1 N–H and O–H groups in total. The number of unbranched alkanes of at least 4 members (excludes halogenated alkanes) is 1. The Morgan fingerprint density at radius 2 is 2.18 bits per heavy atom. The molecule has 2 atom stereocenters. The Morgan fingerprint density at radius 1 is 1.32 bits per heavy atom. The van der Waals surface area contributed by atoms with Crippen LogP contribution in [0.3, 0.4) is 0 Å². The third-order valence-electron chi connectivity index (χ3n) is 5.20. The SMILES string of the molecule is CCCCC(Oc1ccc2[nH]c(=O)ccc2c1)C(=O)N(C)CC1CCCCO1. The number of pyridine rings is 1. The molecule has 2 heterocycles. The van der Waals surface area contributed by atoms with Crippen molar-refractivity contribution in [3.8, 4) is 5.75 Å². The van der Waals surface area contributed by atoms with E-state index >= 15 is 0 Å². The Hall–Kier alpha value is -2.34. The van der Waals surface area contributed by atoms with Gasteiger partial charge in [-0.3, -0.25) is 9.59 Å². The molecule has 1 aliphatic rings. The molecule has 1 aromatic heterocycles. The Labute approximate surface area is 165 Å². The van der Waals surface area contributed by atoms with Gasteiger partial charge in [-0.15, -0.1) is 0 Å². The molecule has 152 valence electrons. The van der Waals surface area contributed by atoms with Crippen LogP contribution in [-0.2, 0) is 9.53 Å². The summed E-state index contributed by atoms with van der Waals surface area (Å²) in [6.07, 6.45) is 5.45. The number of carbonyl (C=O) groups excluding carboxylic acids is 1. The molecule has 6 heteroatoms. The maximum atomic E-state index is 13.0. The lowest BCUT2D eigenvalue weighted by Gasteiger charge is -2.30. The smallest absolute Gasteiger partial charge is 0.263 e. The van der Waals surface area contributed by atoms with Crippen molar-refractivity contribution in [2.75, 3.05) is 20.2 Å². The van der Waals surface area contributed by atoms with Gasteiger partial charge in [0.2, 0.25) is 5.56 Å². The highest BCUT2D eigenvalue weighted by Crippen LogP contribution is 2.22. The van der Waals surface area contributed by atoms with Gasteiger partial charge in [-0.2, -0.15) is 0 Å². The monoisotopic (exact) mass is 386 g/mol. The highest BCUT2D eigenvalue weighted by molar-refractivity contribution is 5.82. The quantitative estimate of drug-likeness (QED) is 0.754. The summed E-state index contributed by atoms with van der Waals surface area (Å²) in [5.41, 5.74) is 0.617. The van der Waals surface area contributed by atoms with Crippen LogP contribution < -0.4 is 10.3 Å². The number of H-pyrrole nitrogens is 1. The highest BCUT2D eigenvalue weighted by atomic mass is 16.5. The van der Waals surface area contributed by atoms with Crippen LogP contribution >= 0.6 is 0 Å². The molecule has 3 rings (SSSR count). The Balaban J connectivity index is 1.70. The van der Waals surface area contributed by atoms with Crippen LogP contribution in [0.2, 0.25) is 0 Å². The summed E-state index contributed by atoms with van der Waals surface area (Å²) in [5, 5.41) is 0.878. The number of carbonyl (C=O) groups is 1.